The zero-order valence-electron chi connectivity index (χ0n) is 15.6. The SMILES string of the molecule is O=C(CCc1ccc2c(c1)OCO2)NCc1cccnc1Oc1cccc(F)c1. The van der Waals surface area contributed by atoms with Crippen LogP contribution in [0.25, 0.3) is 0 Å². The lowest BCUT2D eigenvalue weighted by atomic mass is 10.1. The van der Waals surface area contributed by atoms with E-state index in [1.807, 2.05) is 18.2 Å². The molecule has 4 rings (SSSR count). The molecule has 0 saturated heterocycles. The van der Waals surface area contributed by atoms with E-state index in [2.05, 4.69) is 10.3 Å². The number of carbonyl (C=O) groups excluding carboxylic acids is 1. The summed E-state index contributed by atoms with van der Waals surface area (Å²) in [4.78, 5) is 16.4. The lowest BCUT2D eigenvalue weighted by Gasteiger charge is -2.11. The summed E-state index contributed by atoms with van der Waals surface area (Å²) in [5, 5.41) is 2.87. The minimum Gasteiger partial charge on any atom is -0.454 e. The van der Waals surface area contributed by atoms with Crippen LogP contribution in [0.3, 0.4) is 0 Å². The molecule has 148 valence electrons. The molecule has 7 heteroatoms. The van der Waals surface area contributed by atoms with E-state index in [4.69, 9.17) is 14.2 Å². The number of benzene rings is 2. The number of nitrogens with one attached hydrogen (secondary N) is 1. The Balaban J connectivity index is 1.32. The van der Waals surface area contributed by atoms with Gasteiger partial charge in [-0.25, -0.2) is 9.37 Å². The Kier molecular flexibility index (Phi) is 5.56. The first-order valence-corrected chi connectivity index (χ1v) is 9.20. The van der Waals surface area contributed by atoms with Crippen molar-refractivity contribution in [3.63, 3.8) is 0 Å². The molecule has 0 aliphatic carbocycles. The van der Waals surface area contributed by atoms with Gasteiger partial charge in [-0.1, -0.05) is 18.2 Å². The van der Waals surface area contributed by atoms with E-state index in [-0.39, 0.29) is 19.2 Å². The summed E-state index contributed by atoms with van der Waals surface area (Å²) in [6.45, 7) is 0.489. The second-order valence-electron chi connectivity index (χ2n) is 6.49. The predicted molar refractivity (Wildman–Crippen MR) is 103 cm³/mol. The first-order valence-electron chi connectivity index (χ1n) is 9.20. The number of aryl methyl sites for hydroxylation is 1. The monoisotopic (exact) mass is 394 g/mol. The number of hydrogen-bond acceptors (Lipinski definition) is 5. The van der Waals surface area contributed by atoms with Gasteiger partial charge in [-0.05, 0) is 42.3 Å². The van der Waals surface area contributed by atoms with Gasteiger partial charge in [-0.2, -0.15) is 0 Å². The van der Waals surface area contributed by atoms with Gasteiger partial charge < -0.3 is 19.5 Å². The molecule has 1 amide bonds. The Morgan fingerprint density at radius 3 is 2.90 bits per heavy atom. The van der Waals surface area contributed by atoms with Crippen LogP contribution in [0.15, 0.2) is 60.8 Å². The van der Waals surface area contributed by atoms with E-state index >= 15 is 0 Å². The number of ether oxygens (including phenoxy) is 3. The maximum absolute atomic E-state index is 13.4. The molecular formula is C22H19FN2O4. The molecule has 0 fully saturated rings. The van der Waals surface area contributed by atoms with Crippen molar-refractivity contribution >= 4 is 5.91 Å². The highest BCUT2D eigenvalue weighted by molar-refractivity contribution is 5.76. The van der Waals surface area contributed by atoms with Crippen molar-refractivity contribution in [1.29, 1.82) is 0 Å². The van der Waals surface area contributed by atoms with E-state index in [0.717, 1.165) is 11.3 Å². The molecular weight excluding hydrogens is 375 g/mol. The van der Waals surface area contributed by atoms with Crippen molar-refractivity contribution < 1.29 is 23.4 Å². The fourth-order valence-corrected chi connectivity index (χ4v) is 2.93. The van der Waals surface area contributed by atoms with Gasteiger partial charge in [0.25, 0.3) is 0 Å². The van der Waals surface area contributed by atoms with Crippen LogP contribution in [0.1, 0.15) is 17.5 Å². The highest BCUT2D eigenvalue weighted by Crippen LogP contribution is 2.32. The minimum absolute atomic E-state index is 0.0942. The molecule has 2 aromatic carbocycles. The Morgan fingerprint density at radius 1 is 1.10 bits per heavy atom. The number of nitrogens with zero attached hydrogens (tertiary/aromatic N) is 1. The molecule has 1 aliphatic heterocycles. The van der Waals surface area contributed by atoms with Crippen molar-refractivity contribution in [1.82, 2.24) is 10.3 Å². The molecule has 1 aliphatic rings. The molecule has 0 bridgehead atoms. The van der Waals surface area contributed by atoms with Gasteiger partial charge in [0.05, 0.1) is 0 Å². The Hall–Kier alpha value is -3.61. The Bertz CT molecular complexity index is 1030. The second kappa shape index (κ2) is 8.60. The van der Waals surface area contributed by atoms with Crippen LogP contribution in [0.2, 0.25) is 0 Å². The summed E-state index contributed by atoms with van der Waals surface area (Å²) in [5.74, 6) is 1.62. The highest BCUT2D eigenvalue weighted by Gasteiger charge is 2.14. The number of rotatable bonds is 7. The van der Waals surface area contributed by atoms with Crippen LogP contribution < -0.4 is 19.5 Å². The zero-order chi connectivity index (χ0) is 20.1. The highest BCUT2D eigenvalue weighted by atomic mass is 19.1. The smallest absolute Gasteiger partial charge is 0.231 e. The summed E-state index contributed by atoms with van der Waals surface area (Å²) < 4.78 is 29.7. The quantitative estimate of drug-likeness (QED) is 0.656. The maximum atomic E-state index is 13.4. The fraction of sp³-hybridized carbons (Fsp3) is 0.182. The van der Waals surface area contributed by atoms with Crippen molar-refractivity contribution in [2.45, 2.75) is 19.4 Å². The number of aromatic nitrogens is 1. The molecule has 29 heavy (non-hydrogen) atoms. The van der Waals surface area contributed by atoms with Crippen LogP contribution in [0, 0.1) is 5.82 Å². The summed E-state index contributed by atoms with van der Waals surface area (Å²) in [7, 11) is 0. The molecule has 0 radical (unpaired) electrons. The third-order valence-corrected chi connectivity index (χ3v) is 4.41. The van der Waals surface area contributed by atoms with Gasteiger partial charge in [0, 0.05) is 30.8 Å². The van der Waals surface area contributed by atoms with Gasteiger partial charge in [-0.3, -0.25) is 4.79 Å². The lowest BCUT2D eigenvalue weighted by molar-refractivity contribution is -0.121. The van der Waals surface area contributed by atoms with Crippen molar-refractivity contribution in [2.24, 2.45) is 0 Å². The summed E-state index contributed by atoms with van der Waals surface area (Å²) >= 11 is 0. The van der Waals surface area contributed by atoms with Crippen LogP contribution in [0.4, 0.5) is 4.39 Å². The third-order valence-electron chi connectivity index (χ3n) is 4.41. The molecule has 1 N–H and O–H groups in total. The molecule has 0 atom stereocenters. The molecule has 0 saturated carbocycles. The van der Waals surface area contributed by atoms with Crippen LogP contribution in [-0.4, -0.2) is 17.7 Å². The average Bonchev–Trinajstić information content (AvgIpc) is 3.19. The summed E-state index contributed by atoms with van der Waals surface area (Å²) in [6.07, 6.45) is 2.50. The first-order chi connectivity index (χ1) is 14.2. The lowest BCUT2D eigenvalue weighted by Crippen LogP contribution is -2.23. The number of fused-ring (bicyclic) bond motifs is 1. The fourth-order valence-electron chi connectivity index (χ4n) is 2.93. The largest absolute Gasteiger partial charge is 0.454 e. The van der Waals surface area contributed by atoms with Gasteiger partial charge >= 0.3 is 0 Å². The van der Waals surface area contributed by atoms with E-state index < -0.39 is 5.82 Å². The third kappa shape index (κ3) is 4.82. The van der Waals surface area contributed by atoms with Crippen LogP contribution in [0.5, 0.6) is 23.1 Å². The molecule has 1 aromatic heterocycles. The number of amides is 1. The standard InChI is InChI=1S/C22H19FN2O4/c23-17-4-1-5-18(12-17)29-22-16(3-2-10-24-22)13-25-21(26)9-7-15-6-8-19-20(11-15)28-14-27-19/h1-6,8,10-12H,7,9,13-14H2,(H,25,26). The Morgan fingerprint density at radius 2 is 2.00 bits per heavy atom. The van der Waals surface area contributed by atoms with Crippen molar-refractivity contribution in [3.8, 4) is 23.1 Å². The predicted octanol–water partition coefficient (Wildman–Crippen LogP) is 3.99. The normalized spacial score (nSPS) is 11.9. The average molecular weight is 394 g/mol. The summed E-state index contributed by atoms with van der Waals surface area (Å²) in [5.41, 5.74) is 1.70. The van der Waals surface area contributed by atoms with Crippen LogP contribution in [-0.2, 0) is 17.8 Å². The molecule has 6 nitrogen and oxygen atoms in total. The van der Waals surface area contributed by atoms with E-state index in [9.17, 15) is 9.18 Å². The van der Waals surface area contributed by atoms with Crippen molar-refractivity contribution in [3.05, 3.63) is 77.7 Å². The van der Waals surface area contributed by atoms with Gasteiger partial charge in [0.15, 0.2) is 11.5 Å². The number of hydrogen-bond donors (Lipinski definition) is 1. The number of pyridine rings is 1. The van der Waals surface area contributed by atoms with Crippen LogP contribution >= 0.6 is 0 Å². The second-order valence-corrected chi connectivity index (χ2v) is 6.49. The van der Waals surface area contributed by atoms with E-state index in [0.29, 0.717) is 35.8 Å². The molecule has 2 heterocycles. The number of carbonyl (C=O) groups is 1. The minimum atomic E-state index is -0.392. The zero-order valence-corrected chi connectivity index (χ0v) is 15.6. The molecule has 0 unspecified atom stereocenters. The Labute approximate surface area is 167 Å². The topological polar surface area (TPSA) is 69.7 Å². The van der Waals surface area contributed by atoms with E-state index in [1.54, 1.807) is 30.5 Å². The molecule has 3 aromatic rings. The first kappa shape index (κ1) is 18.7. The maximum Gasteiger partial charge on any atom is 0.231 e. The van der Waals surface area contributed by atoms with Gasteiger partial charge in [0.2, 0.25) is 18.6 Å². The number of halogens is 1. The van der Waals surface area contributed by atoms with E-state index in [1.165, 1.54) is 12.1 Å². The molecule has 0 spiro atoms. The van der Waals surface area contributed by atoms with Gasteiger partial charge in [0.1, 0.15) is 11.6 Å². The summed E-state index contributed by atoms with van der Waals surface area (Å²) in [6, 6.07) is 15.0. The van der Waals surface area contributed by atoms with Gasteiger partial charge in [-0.15, -0.1) is 0 Å². The van der Waals surface area contributed by atoms with Crippen molar-refractivity contribution in [2.75, 3.05) is 6.79 Å².